The Morgan fingerprint density at radius 2 is 1.92 bits per heavy atom. The summed E-state index contributed by atoms with van der Waals surface area (Å²) < 4.78 is 40.4. The van der Waals surface area contributed by atoms with Crippen molar-refractivity contribution < 1.29 is 17.9 Å². The average Bonchev–Trinajstić information content (AvgIpc) is 2.46. The normalized spacial score (nSPS) is 14.7. The number of anilines is 2. The highest BCUT2D eigenvalue weighted by atomic mass is 35.5. The third kappa shape index (κ3) is 4.21. The van der Waals surface area contributed by atoms with Crippen LogP contribution in [0.5, 0.6) is 5.75 Å². The quantitative estimate of drug-likeness (QED) is 0.697. The van der Waals surface area contributed by atoms with Gasteiger partial charge >= 0.3 is 6.36 Å². The summed E-state index contributed by atoms with van der Waals surface area (Å²) in [6.45, 7) is 1.40. The maximum atomic E-state index is 12.2. The van der Waals surface area contributed by atoms with E-state index in [1.54, 1.807) is 6.07 Å². The fraction of sp³-hybridized carbons (Fsp3) is 0.250. The number of nitrogens with zero attached hydrogens (tertiary/aromatic N) is 1. The second kappa shape index (κ2) is 6.89. The smallest absolute Gasteiger partial charge is 0.406 e. The number of ether oxygens (including phenoxy) is 1. The van der Waals surface area contributed by atoms with Crippen molar-refractivity contribution in [1.29, 1.82) is 5.41 Å². The third-order valence-corrected chi connectivity index (χ3v) is 4.02. The molecule has 2 heterocycles. The molecular weight excluding hydrogens is 357 g/mol. The van der Waals surface area contributed by atoms with E-state index in [1.807, 2.05) is 0 Å². The standard InChI is InChI=1S/C16H14ClF3N4O/c17-12-5-6-23-15(13(12)14(21)9-7-22-8-9)24-10-1-3-11(4-2-10)25-16(18,19)20/h1-6,9,21-22H,7-8H2,(H,23,24). The Morgan fingerprint density at radius 1 is 1.24 bits per heavy atom. The van der Waals surface area contributed by atoms with Gasteiger partial charge in [0.15, 0.2) is 0 Å². The first-order valence-electron chi connectivity index (χ1n) is 7.40. The van der Waals surface area contributed by atoms with E-state index in [1.165, 1.54) is 30.5 Å². The average molecular weight is 371 g/mol. The Hall–Kier alpha value is -2.32. The third-order valence-electron chi connectivity index (χ3n) is 3.71. The van der Waals surface area contributed by atoms with Gasteiger partial charge in [0.05, 0.1) is 10.6 Å². The molecule has 1 fully saturated rings. The molecule has 0 radical (unpaired) electrons. The lowest BCUT2D eigenvalue weighted by atomic mass is 9.92. The SMILES string of the molecule is N=C(c1c(Cl)ccnc1Nc1ccc(OC(F)(F)F)cc1)C1CNC1. The van der Waals surface area contributed by atoms with E-state index in [-0.39, 0.29) is 11.7 Å². The molecule has 3 rings (SSSR count). The molecule has 0 saturated carbocycles. The van der Waals surface area contributed by atoms with Crippen molar-refractivity contribution >= 4 is 28.8 Å². The highest BCUT2D eigenvalue weighted by molar-refractivity contribution is 6.35. The van der Waals surface area contributed by atoms with Crippen LogP contribution in [0.3, 0.4) is 0 Å². The number of aromatic nitrogens is 1. The Kier molecular flexibility index (Phi) is 4.82. The lowest BCUT2D eigenvalue weighted by molar-refractivity contribution is -0.274. The maximum Gasteiger partial charge on any atom is 0.573 e. The second-order valence-electron chi connectivity index (χ2n) is 5.48. The van der Waals surface area contributed by atoms with Crippen molar-refractivity contribution in [2.24, 2.45) is 5.92 Å². The molecule has 0 amide bonds. The van der Waals surface area contributed by atoms with Crippen LogP contribution in [0.2, 0.25) is 5.02 Å². The van der Waals surface area contributed by atoms with Crippen molar-refractivity contribution in [2.75, 3.05) is 18.4 Å². The van der Waals surface area contributed by atoms with Crippen LogP contribution < -0.4 is 15.4 Å². The summed E-state index contributed by atoms with van der Waals surface area (Å²) in [7, 11) is 0. The molecule has 1 aromatic carbocycles. The van der Waals surface area contributed by atoms with Gasteiger partial charge in [-0.05, 0) is 30.3 Å². The van der Waals surface area contributed by atoms with Crippen LogP contribution in [0.1, 0.15) is 5.56 Å². The summed E-state index contributed by atoms with van der Waals surface area (Å²) in [5.41, 5.74) is 1.37. The summed E-state index contributed by atoms with van der Waals surface area (Å²) in [6.07, 6.45) is -3.23. The highest BCUT2D eigenvalue weighted by Crippen LogP contribution is 2.30. The van der Waals surface area contributed by atoms with E-state index in [4.69, 9.17) is 17.0 Å². The van der Waals surface area contributed by atoms with Gasteiger partial charge in [-0.3, -0.25) is 0 Å². The topological polar surface area (TPSA) is 70.0 Å². The fourth-order valence-corrected chi connectivity index (χ4v) is 2.61. The van der Waals surface area contributed by atoms with Crippen LogP contribution in [-0.2, 0) is 0 Å². The molecule has 3 N–H and O–H groups in total. The molecule has 2 aromatic rings. The van der Waals surface area contributed by atoms with Gasteiger partial charge in [-0.15, -0.1) is 13.2 Å². The van der Waals surface area contributed by atoms with Crippen molar-refractivity contribution in [3.05, 3.63) is 47.1 Å². The molecule has 0 bridgehead atoms. The minimum Gasteiger partial charge on any atom is -0.406 e. The van der Waals surface area contributed by atoms with Crippen LogP contribution in [-0.4, -0.2) is 30.1 Å². The molecular formula is C16H14ClF3N4O. The maximum absolute atomic E-state index is 12.2. The lowest BCUT2D eigenvalue weighted by Crippen LogP contribution is -2.46. The zero-order valence-electron chi connectivity index (χ0n) is 12.8. The molecule has 0 spiro atoms. The lowest BCUT2D eigenvalue weighted by Gasteiger charge is -2.28. The summed E-state index contributed by atoms with van der Waals surface area (Å²) in [4.78, 5) is 4.21. The van der Waals surface area contributed by atoms with Gasteiger partial charge in [0, 0.05) is 36.6 Å². The van der Waals surface area contributed by atoms with Crippen LogP contribution in [0.25, 0.3) is 0 Å². The molecule has 0 unspecified atom stereocenters. The number of alkyl halides is 3. The number of hydrogen-bond acceptors (Lipinski definition) is 5. The van der Waals surface area contributed by atoms with Crippen molar-refractivity contribution in [1.82, 2.24) is 10.3 Å². The van der Waals surface area contributed by atoms with E-state index in [0.717, 1.165) is 0 Å². The van der Waals surface area contributed by atoms with Gasteiger partial charge in [0.2, 0.25) is 0 Å². The minimum atomic E-state index is -4.73. The Labute approximate surface area is 146 Å². The molecule has 0 aliphatic carbocycles. The number of pyridine rings is 1. The van der Waals surface area contributed by atoms with Crippen molar-refractivity contribution in [2.45, 2.75) is 6.36 Å². The van der Waals surface area contributed by atoms with E-state index >= 15 is 0 Å². The molecule has 1 aliphatic heterocycles. The Balaban J connectivity index is 1.81. The summed E-state index contributed by atoms with van der Waals surface area (Å²) in [5.74, 6) is 0.129. The predicted octanol–water partition coefficient (Wildman–Crippen LogP) is 3.96. The highest BCUT2D eigenvalue weighted by Gasteiger charge is 2.31. The first-order chi connectivity index (χ1) is 11.8. The van der Waals surface area contributed by atoms with E-state index in [0.29, 0.717) is 40.9 Å². The summed E-state index contributed by atoms with van der Waals surface area (Å²) in [5, 5.41) is 14.8. The first-order valence-corrected chi connectivity index (χ1v) is 7.78. The minimum absolute atomic E-state index is 0.0600. The molecule has 132 valence electrons. The van der Waals surface area contributed by atoms with Gasteiger partial charge in [-0.2, -0.15) is 0 Å². The zero-order chi connectivity index (χ0) is 18.0. The molecule has 1 aliphatic rings. The second-order valence-corrected chi connectivity index (χ2v) is 5.89. The molecule has 9 heteroatoms. The van der Waals surface area contributed by atoms with Crippen LogP contribution in [0.15, 0.2) is 36.5 Å². The Bertz CT molecular complexity index is 776. The molecule has 25 heavy (non-hydrogen) atoms. The van der Waals surface area contributed by atoms with Crippen molar-refractivity contribution in [3.8, 4) is 5.75 Å². The van der Waals surface area contributed by atoms with Crippen LogP contribution in [0.4, 0.5) is 24.7 Å². The monoisotopic (exact) mass is 370 g/mol. The van der Waals surface area contributed by atoms with Crippen LogP contribution in [0, 0.1) is 11.3 Å². The molecule has 0 atom stereocenters. The van der Waals surface area contributed by atoms with Gasteiger partial charge < -0.3 is 20.8 Å². The fourth-order valence-electron chi connectivity index (χ4n) is 2.36. The number of benzene rings is 1. The Morgan fingerprint density at radius 3 is 2.48 bits per heavy atom. The predicted molar refractivity (Wildman–Crippen MR) is 88.8 cm³/mol. The number of halogens is 4. The van der Waals surface area contributed by atoms with Gasteiger partial charge in [0.25, 0.3) is 0 Å². The molecule has 1 saturated heterocycles. The zero-order valence-corrected chi connectivity index (χ0v) is 13.6. The van der Waals surface area contributed by atoms with E-state index in [2.05, 4.69) is 20.4 Å². The summed E-state index contributed by atoms with van der Waals surface area (Å²) in [6, 6.07) is 6.86. The molecule has 1 aromatic heterocycles. The van der Waals surface area contributed by atoms with E-state index in [9.17, 15) is 13.2 Å². The van der Waals surface area contributed by atoms with Crippen molar-refractivity contribution in [3.63, 3.8) is 0 Å². The first kappa shape index (κ1) is 17.5. The molecule has 5 nitrogen and oxygen atoms in total. The van der Waals surface area contributed by atoms with Gasteiger partial charge in [-0.1, -0.05) is 11.6 Å². The number of nitrogens with one attached hydrogen (secondary N) is 3. The van der Waals surface area contributed by atoms with E-state index < -0.39 is 6.36 Å². The number of rotatable bonds is 5. The van der Waals surface area contributed by atoms with Crippen LogP contribution >= 0.6 is 11.6 Å². The van der Waals surface area contributed by atoms with Gasteiger partial charge in [0.1, 0.15) is 11.6 Å². The largest absolute Gasteiger partial charge is 0.573 e. The number of hydrogen-bond donors (Lipinski definition) is 3. The summed E-state index contributed by atoms with van der Waals surface area (Å²) >= 11 is 6.23. The van der Waals surface area contributed by atoms with Gasteiger partial charge in [-0.25, -0.2) is 4.98 Å².